The Morgan fingerprint density at radius 1 is 1.31 bits per heavy atom. The minimum atomic E-state index is -0.537. The van der Waals surface area contributed by atoms with Gasteiger partial charge in [0.1, 0.15) is 11.6 Å². The van der Waals surface area contributed by atoms with E-state index in [0.717, 1.165) is 19.0 Å². The molecule has 3 heteroatoms. The fourth-order valence-electron chi connectivity index (χ4n) is 1.51. The van der Waals surface area contributed by atoms with E-state index in [1.165, 1.54) is 25.0 Å². The van der Waals surface area contributed by atoms with Crippen LogP contribution in [-0.4, -0.2) is 12.6 Å². The van der Waals surface area contributed by atoms with Crippen molar-refractivity contribution in [1.29, 1.82) is 0 Å². The highest BCUT2D eigenvalue weighted by Crippen LogP contribution is 2.18. The molecule has 0 aromatic heterocycles. The molecular weight excluding hydrogens is 208 g/mol. The Kier molecular flexibility index (Phi) is 3.67. The highest BCUT2D eigenvalue weighted by Gasteiger charge is 2.19. The minimum Gasteiger partial charge on any atom is -0.314 e. The maximum atomic E-state index is 13.2. The van der Waals surface area contributed by atoms with Crippen molar-refractivity contribution in [3.05, 3.63) is 41.5 Å². The lowest BCUT2D eigenvalue weighted by atomic mass is 10.2. The normalized spacial score (nSPS) is 15.9. The number of halogens is 2. The van der Waals surface area contributed by atoms with Crippen LogP contribution in [0.1, 0.15) is 24.8 Å². The topological polar surface area (TPSA) is 12.0 Å². The summed E-state index contributed by atoms with van der Waals surface area (Å²) in [5, 5.41) is 3.36. The van der Waals surface area contributed by atoms with Gasteiger partial charge < -0.3 is 5.32 Å². The molecule has 1 aliphatic carbocycles. The Morgan fingerprint density at radius 2 is 2.12 bits per heavy atom. The smallest absolute Gasteiger partial charge is 0.133 e. The molecule has 0 spiro atoms. The molecule has 0 atom stereocenters. The highest BCUT2D eigenvalue weighted by molar-refractivity contribution is 5.49. The van der Waals surface area contributed by atoms with Crippen LogP contribution in [0.15, 0.2) is 24.3 Å². The Morgan fingerprint density at radius 3 is 2.81 bits per heavy atom. The van der Waals surface area contributed by atoms with Crippen molar-refractivity contribution in [2.45, 2.75) is 25.3 Å². The van der Waals surface area contributed by atoms with E-state index in [0.29, 0.717) is 11.6 Å². The van der Waals surface area contributed by atoms with Crippen LogP contribution < -0.4 is 5.32 Å². The summed E-state index contributed by atoms with van der Waals surface area (Å²) in [7, 11) is 0. The summed E-state index contributed by atoms with van der Waals surface area (Å²) in [6.45, 7) is 0.921. The van der Waals surface area contributed by atoms with Gasteiger partial charge in [-0.3, -0.25) is 0 Å². The van der Waals surface area contributed by atoms with Gasteiger partial charge in [-0.25, -0.2) is 8.78 Å². The molecule has 0 radical (unpaired) electrons. The van der Waals surface area contributed by atoms with Crippen LogP contribution in [0.3, 0.4) is 0 Å². The van der Waals surface area contributed by atoms with Crippen molar-refractivity contribution in [1.82, 2.24) is 5.32 Å². The molecule has 1 fully saturated rings. The van der Waals surface area contributed by atoms with Gasteiger partial charge in [0, 0.05) is 17.7 Å². The third-order valence-corrected chi connectivity index (χ3v) is 2.58. The van der Waals surface area contributed by atoms with E-state index in [4.69, 9.17) is 0 Å². The molecule has 1 nitrogen and oxygen atoms in total. The second-order valence-corrected chi connectivity index (χ2v) is 4.09. The standard InChI is InChI=1S/C13H15F2N/c14-11-5-4-10(13(15)9-11)3-1-2-8-16-12-6-7-12/h1,3-5,9,12,16H,2,6-8H2. The van der Waals surface area contributed by atoms with Gasteiger partial charge in [-0.1, -0.05) is 12.2 Å². The molecule has 16 heavy (non-hydrogen) atoms. The third kappa shape index (κ3) is 3.42. The van der Waals surface area contributed by atoms with Gasteiger partial charge >= 0.3 is 0 Å². The monoisotopic (exact) mass is 223 g/mol. The van der Waals surface area contributed by atoms with Crippen molar-refractivity contribution >= 4 is 6.08 Å². The summed E-state index contributed by atoms with van der Waals surface area (Å²) < 4.78 is 25.8. The van der Waals surface area contributed by atoms with Crippen molar-refractivity contribution < 1.29 is 8.78 Å². The molecule has 86 valence electrons. The number of hydrogen-bond donors (Lipinski definition) is 1. The van der Waals surface area contributed by atoms with Gasteiger partial charge in [0.25, 0.3) is 0 Å². The van der Waals surface area contributed by atoms with Crippen molar-refractivity contribution in [3.63, 3.8) is 0 Å². The SMILES string of the molecule is Fc1ccc(C=CCCNC2CC2)c(F)c1. The van der Waals surface area contributed by atoms with Gasteiger partial charge in [0.2, 0.25) is 0 Å². The molecule has 0 heterocycles. The van der Waals surface area contributed by atoms with Gasteiger partial charge in [-0.05, 0) is 37.9 Å². The van der Waals surface area contributed by atoms with E-state index < -0.39 is 11.6 Å². The van der Waals surface area contributed by atoms with Crippen molar-refractivity contribution in [3.8, 4) is 0 Å². The Bertz CT molecular complexity index is 384. The molecule has 1 aliphatic rings. The first kappa shape index (κ1) is 11.3. The van der Waals surface area contributed by atoms with Crippen LogP contribution in [-0.2, 0) is 0 Å². The van der Waals surface area contributed by atoms with E-state index in [1.54, 1.807) is 6.08 Å². The van der Waals surface area contributed by atoms with Gasteiger partial charge in [-0.15, -0.1) is 0 Å². The number of nitrogens with one attached hydrogen (secondary N) is 1. The second kappa shape index (κ2) is 5.21. The van der Waals surface area contributed by atoms with E-state index in [-0.39, 0.29) is 0 Å². The van der Waals surface area contributed by atoms with E-state index in [9.17, 15) is 8.78 Å². The zero-order valence-electron chi connectivity index (χ0n) is 9.05. The fraction of sp³-hybridized carbons (Fsp3) is 0.385. The summed E-state index contributed by atoms with van der Waals surface area (Å²) in [5.74, 6) is -1.04. The molecule has 0 bridgehead atoms. The van der Waals surface area contributed by atoms with Gasteiger partial charge in [0.15, 0.2) is 0 Å². The lowest BCUT2D eigenvalue weighted by Gasteiger charge is -1.99. The summed E-state index contributed by atoms with van der Waals surface area (Å²) in [4.78, 5) is 0. The summed E-state index contributed by atoms with van der Waals surface area (Å²) >= 11 is 0. The predicted molar refractivity (Wildman–Crippen MR) is 61.0 cm³/mol. The lowest BCUT2D eigenvalue weighted by Crippen LogP contribution is -2.16. The Balaban J connectivity index is 1.79. The zero-order chi connectivity index (χ0) is 11.4. The first-order valence-electron chi connectivity index (χ1n) is 5.60. The van der Waals surface area contributed by atoms with Crippen molar-refractivity contribution in [2.24, 2.45) is 0 Å². The third-order valence-electron chi connectivity index (χ3n) is 2.58. The summed E-state index contributed by atoms with van der Waals surface area (Å²) in [6, 6.07) is 4.33. The van der Waals surface area contributed by atoms with Crippen molar-refractivity contribution in [2.75, 3.05) is 6.54 Å². The average Bonchev–Trinajstić information content (AvgIpc) is 3.04. The Labute approximate surface area is 94.2 Å². The molecule has 1 aromatic carbocycles. The van der Waals surface area contributed by atoms with E-state index in [2.05, 4.69) is 5.32 Å². The van der Waals surface area contributed by atoms with Crippen LogP contribution in [0.5, 0.6) is 0 Å². The molecular formula is C13H15F2N. The van der Waals surface area contributed by atoms with Crippen LogP contribution in [0.25, 0.3) is 6.08 Å². The number of benzene rings is 1. The van der Waals surface area contributed by atoms with Crippen LogP contribution in [0, 0.1) is 11.6 Å². The molecule has 0 saturated heterocycles. The molecule has 0 aliphatic heterocycles. The fourth-order valence-corrected chi connectivity index (χ4v) is 1.51. The molecule has 1 N–H and O–H groups in total. The number of rotatable bonds is 5. The maximum Gasteiger partial charge on any atom is 0.133 e. The largest absolute Gasteiger partial charge is 0.314 e. The van der Waals surface area contributed by atoms with Gasteiger partial charge in [0.05, 0.1) is 0 Å². The van der Waals surface area contributed by atoms with Crippen LogP contribution >= 0.6 is 0 Å². The Hall–Kier alpha value is -1.22. The van der Waals surface area contributed by atoms with E-state index >= 15 is 0 Å². The highest BCUT2D eigenvalue weighted by atomic mass is 19.1. The number of hydrogen-bond acceptors (Lipinski definition) is 1. The second-order valence-electron chi connectivity index (χ2n) is 4.09. The first-order chi connectivity index (χ1) is 7.75. The minimum absolute atomic E-state index is 0.438. The molecule has 0 unspecified atom stereocenters. The lowest BCUT2D eigenvalue weighted by molar-refractivity contribution is 0.581. The van der Waals surface area contributed by atoms with E-state index in [1.807, 2.05) is 6.08 Å². The molecule has 0 amide bonds. The average molecular weight is 223 g/mol. The maximum absolute atomic E-state index is 13.2. The summed E-state index contributed by atoms with van der Waals surface area (Å²) in [5.41, 5.74) is 0.438. The predicted octanol–water partition coefficient (Wildman–Crippen LogP) is 3.12. The van der Waals surface area contributed by atoms with Crippen LogP contribution in [0.2, 0.25) is 0 Å². The summed E-state index contributed by atoms with van der Waals surface area (Å²) in [6.07, 6.45) is 7.02. The molecule has 1 saturated carbocycles. The molecule has 1 aromatic rings. The van der Waals surface area contributed by atoms with Crippen LogP contribution in [0.4, 0.5) is 8.78 Å². The quantitative estimate of drug-likeness (QED) is 0.756. The molecule has 2 rings (SSSR count). The first-order valence-corrected chi connectivity index (χ1v) is 5.60. The zero-order valence-corrected chi connectivity index (χ0v) is 9.05. The van der Waals surface area contributed by atoms with Gasteiger partial charge in [-0.2, -0.15) is 0 Å².